The van der Waals surface area contributed by atoms with Crippen LogP contribution in [0.25, 0.3) is 5.57 Å². The highest BCUT2D eigenvalue weighted by atomic mass is 16.2. The zero-order valence-corrected chi connectivity index (χ0v) is 13.4. The van der Waals surface area contributed by atoms with E-state index >= 15 is 0 Å². The molecule has 118 valence electrons. The third-order valence-corrected chi connectivity index (χ3v) is 4.05. The fourth-order valence-corrected chi connectivity index (χ4v) is 2.82. The number of para-hydroxylation sites is 1. The molecule has 5 heteroatoms. The van der Waals surface area contributed by atoms with Crippen LogP contribution < -0.4 is 5.32 Å². The predicted molar refractivity (Wildman–Crippen MR) is 91.0 cm³/mol. The molecular formula is C18H20N4O. The van der Waals surface area contributed by atoms with E-state index in [1.807, 2.05) is 42.2 Å². The Morgan fingerprint density at radius 1 is 1.22 bits per heavy atom. The summed E-state index contributed by atoms with van der Waals surface area (Å²) in [6.45, 7) is 4.59. The van der Waals surface area contributed by atoms with Crippen molar-refractivity contribution in [2.45, 2.75) is 26.3 Å². The van der Waals surface area contributed by atoms with Gasteiger partial charge in [0.15, 0.2) is 0 Å². The molecule has 1 atom stereocenters. The molecule has 0 spiro atoms. The molecule has 1 aliphatic heterocycles. The Hall–Kier alpha value is -2.69. The monoisotopic (exact) mass is 308 g/mol. The van der Waals surface area contributed by atoms with Gasteiger partial charge in [0.2, 0.25) is 0 Å². The maximum absolute atomic E-state index is 12.4. The molecule has 2 heterocycles. The predicted octanol–water partition coefficient (Wildman–Crippen LogP) is 3.49. The van der Waals surface area contributed by atoms with Gasteiger partial charge in [0.05, 0.1) is 11.4 Å². The zero-order valence-electron chi connectivity index (χ0n) is 13.4. The second kappa shape index (κ2) is 6.60. The van der Waals surface area contributed by atoms with Crippen LogP contribution in [-0.4, -0.2) is 33.5 Å². The van der Waals surface area contributed by atoms with E-state index in [9.17, 15) is 4.79 Å². The van der Waals surface area contributed by atoms with Crippen molar-refractivity contribution in [3.63, 3.8) is 0 Å². The highest BCUT2D eigenvalue weighted by Crippen LogP contribution is 2.26. The third-order valence-electron chi connectivity index (χ3n) is 4.05. The maximum Gasteiger partial charge on any atom is 0.322 e. The first-order chi connectivity index (χ1) is 11.1. The Morgan fingerprint density at radius 3 is 2.65 bits per heavy atom. The van der Waals surface area contributed by atoms with Gasteiger partial charge in [0.1, 0.15) is 0 Å². The first-order valence-corrected chi connectivity index (χ1v) is 7.75. The van der Waals surface area contributed by atoms with Gasteiger partial charge in [-0.2, -0.15) is 0 Å². The zero-order chi connectivity index (χ0) is 16.2. The van der Waals surface area contributed by atoms with Crippen molar-refractivity contribution in [1.82, 2.24) is 14.9 Å². The number of rotatable bonds is 2. The van der Waals surface area contributed by atoms with Crippen molar-refractivity contribution < 1.29 is 4.79 Å². The third kappa shape index (κ3) is 3.39. The van der Waals surface area contributed by atoms with Crippen molar-refractivity contribution in [2.24, 2.45) is 0 Å². The number of benzene rings is 1. The molecule has 2 amide bonds. The highest BCUT2D eigenvalue weighted by Gasteiger charge is 2.25. The van der Waals surface area contributed by atoms with E-state index in [-0.39, 0.29) is 12.1 Å². The number of carbonyl (C=O) groups excluding carboxylic acids is 1. The molecule has 0 saturated carbocycles. The number of anilines is 1. The summed E-state index contributed by atoms with van der Waals surface area (Å²) in [6.07, 6.45) is 6.26. The minimum atomic E-state index is -0.0742. The number of urea groups is 1. The molecule has 1 aliphatic rings. The fraction of sp³-hybridized carbons (Fsp3) is 0.278. The van der Waals surface area contributed by atoms with E-state index in [1.54, 1.807) is 12.4 Å². The lowest BCUT2D eigenvalue weighted by Gasteiger charge is -2.33. The van der Waals surface area contributed by atoms with Crippen LogP contribution in [-0.2, 0) is 0 Å². The number of nitrogens with one attached hydrogen (secondary N) is 1. The molecule has 0 saturated heterocycles. The van der Waals surface area contributed by atoms with E-state index in [1.165, 1.54) is 0 Å². The Kier molecular flexibility index (Phi) is 4.37. The number of carbonyl (C=O) groups is 1. The summed E-state index contributed by atoms with van der Waals surface area (Å²) in [5.74, 6) is 0. The summed E-state index contributed by atoms with van der Waals surface area (Å²) in [5.41, 5.74) is 3.83. The number of nitrogens with zero attached hydrogens (tertiary/aromatic N) is 3. The van der Waals surface area contributed by atoms with Crippen LogP contribution in [0.4, 0.5) is 10.5 Å². The van der Waals surface area contributed by atoms with Crippen LogP contribution in [0.2, 0.25) is 0 Å². The highest BCUT2D eigenvalue weighted by molar-refractivity contribution is 5.90. The number of hydrogen-bond acceptors (Lipinski definition) is 3. The molecule has 0 fully saturated rings. The van der Waals surface area contributed by atoms with Crippen LogP contribution >= 0.6 is 0 Å². The van der Waals surface area contributed by atoms with Crippen LogP contribution in [0.15, 0.2) is 48.8 Å². The number of aromatic nitrogens is 2. The van der Waals surface area contributed by atoms with Gasteiger partial charge >= 0.3 is 6.03 Å². The van der Waals surface area contributed by atoms with Gasteiger partial charge in [-0.1, -0.05) is 24.3 Å². The molecule has 2 aromatic rings. The molecule has 1 aromatic heterocycles. The lowest BCUT2D eigenvalue weighted by atomic mass is 9.97. The molecular weight excluding hydrogens is 288 g/mol. The van der Waals surface area contributed by atoms with Crippen molar-refractivity contribution in [3.8, 4) is 0 Å². The van der Waals surface area contributed by atoms with Crippen LogP contribution in [0.5, 0.6) is 0 Å². The Morgan fingerprint density at radius 2 is 1.96 bits per heavy atom. The Balaban J connectivity index is 1.73. The molecule has 0 bridgehead atoms. The summed E-state index contributed by atoms with van der Waals surface area (Å²) in [5, 5.41) is 2.94. The van der Waals surface area contributed by atoms with E-state index < -0.39 is 0 Å². The maximum atomic E-state index is 12.4. The van der Waals surface area contributed by atoms with Crippen LogP contribution in [0.3, 0.4) is 0 Å². The number of amides is 2. The van der Waals surface area contributed by atoms with E-state index in [4.69, 9.17) is 0 Å². The van der Waals surface area contributed by atoms with Crippen molar-refractivity contribution in [1.29, 1.82) is 0 Å². The average Bonchev–Trinajstić information content (AvgIpc) is 2.56. The van der Waals surface area contributed by atoms with Crippen LogP contribution in [0.1, 0.15) is 24.7 Å². The van der Waals surface area contributed by atoms with E-state index in [0.717, 1.165) is 29.1 Å². The standard InChI is InChI=1S/C18H20N4O/c1-13-12-15(17-14(2)19-9-10-20-17)8-11-22(13)18(23)21-16-6-4-3-5-7-16/h3-10,13H,11-12H2,1-2H3,(H,21,23)/t13-/m0/s1. The minimum Gasteiger partial charge on any atom is -0.318 e. The van der Waals surface area contributed by atoms with E-state index in [2.05, 4.69) is 28.3 Å². The minimum absolute atomic E-state index is 0.0742. The quantitative estimate of drug-likeness (QED) is 0.924. The van der Waals surface area contributed by atoms with Gasteiger partial charge in [-0.05, 0) is 38.0 Å². The van der Waals surface area contributed by atoms with Gasteiger partial charge in [0.25, 0.3) is 0 Å². The Bertz CT molecular complexity index is 727. The molecule has 23 heavy (non-hydrogen) atoms. The summed E-state index contributed by atoms with van der Waals surface area (Å²) in [4.78, 5) is 23.0. The van der Waals surface area contributed by atoms with E-state index in [0.29, 0.717) is 6.54 Å². The molecule has 0 aliphatic carbocycles. The second-order valence-electron chi connectivity index (χ2n) is 5.72. The van der Waals surface area contributed by atoms with Crippen molar-refractivity contribution in [2.75, 3.05) is 11.9 Å². The summed E-state index contributed by atoms with van der Waals surface area (Å²) >= 11 is 0. The molecule has 5 nitrogen and oxygen atoms in total. The average molecular weight is 308 g/mol. The largest absolute Gasteiger partial charge is 0.322 e. The van der Waals surface area contributed by atoms with Gasteiger partial charge in [-0.3, -0.25) is 9.97 Å². The number of aryl methyl sites for hydroxylation is 1. The van der Waals surface area contributed by atoms with Gasteiger partial charge in [-0.15, -0.1) is 0 Å². The lowest BCUT2D eigenvalue weighted by molar-refractivity contribution is 0.198. The second-order valence-corrected chi connectivity index (χ2v) is 5.72. The van der Waals surface area contributed by atoms with Crippen molar-refractivity contribution >= 4 is 17.3 Å². The first kappa shape index (κ1) is 15.2. The van der Waals surface area contributed by atoms with Crippen LogP contribution in [0, 0.1) is 6.92 Å². The van der Waals surface area contributed by atoms with Gasteiger partial charge < -0.3 is 10.2 Å². The fourth-order valence-electron chi connectivity index (χ4n) is 2.82. The SMILES string of the molecule is Cc1nccnc1C1=CCN(C(=O)Nc2ccccc2)[C@@H](C)C1. The first-order valence-electron chi connectivity index (χ1n) is 7.75. The molecule has 1 aromatic carbocycles. The normalized spacial score (nSPS) is 17.6. The van der Waals surface area contributed by atoms with Crippen molar-refractivity contribution in [3.05, 3.63) is 60.2 Å². The smallest absolute Gasteiger partial charge is 0.318 e. The molecule has 3 rings (SSSR count). The summed E-state index contributed by atoms with van der Waals surface area (Å²) in [7, 11) is 0. The molecule has 0 unspecified atom stereocenters. The van der Waals surface area contributed by atoms with Gasteiger partial charge in [0, 0.05) is 30.7 Å². The lowest BCUT2D eigenvalue weighted by Crippen LogP contribution is -2.43. The molecule has 0 radical (unpaired) electrons. The molecule has 1 N–H and O–H groups in total. The number of hydrogen-bond donors (Lipinski definition) is 1. The summed E-state index contributed by atoms with van der Waals surface area (Å²) in [6, 6.07) is 9.55. The Labute approximate surface area is 136 Å². The summed E-state index contributed by atoms with van der Waals surface area (Å²) < 4.78 is 0. The topological polar surface area (TPSA) is 58.1 Å². The van der Waals surface area contributed by atoms with Gasteiger partial charge in [-0.25, -0.2) is 4.79 Å².